The van der Waals surface area contributed by atoms with Crippen molar-refractivity contribution in [1.82, 2.24) is 15.4 Å². The topological polar surface area (TPSA) is 100 Å². The summed E-state index contributed by atoms with van der Waals surface area (Å²) in [6, 6.07) is 6.92. The molecule has 34 heavy (non-hydrogen) atoms. The first-order chi connectivity index (χ1) is 16.5. The quantitative estimate of drug-likeness (QED) is 0.233. The molecule has 0 aliphatic rings. The fourth-order valence-electron chi connectivity index (χ4n) is 4.24. The lowest BCUT2D eigenvalue weighted by atomic mass is 10.1. The van der Waals surface area contributed by atoms with Crippen molar-refractivity contribution in [2.75, 3.05) is 0 Å². The minimum atomic E-state index is -0.814. The van der Waals surface area contributed by atoms with Gasteiger partial charge in [0.2, 0.25) is 5.91 Å². The number of hydrogen-bond donors (Lipinski definition) is 3. The highest BCUT2D eigenvalue weighted by atomic mass is 16.3. The molecule has 1 aromatic heterocycles. The standard InChI is InChI=1S/C27H41N3O4/c1-3-5-6-7-8-9-10-11-12-13-14-19-23(31)28-29-26(33)24-25(32)21-17-15-16-18-22(21)30(20-4-2)27(24)34/h15-18,32H,3-14,19-20H2,1-2H3,(H,28,31)(H,29,33). The molecule has 1 heterocycles. The van der Waals surface area contributed by atoms with Gasteiger partial charge in [-0.05, 0) is 25.0 Å². The summed E-state index contributed by atoms with van der Waals surface area (Å²) in [6.45, 7) is 4.59. The largest absolute Gasteiger partial charge is 0.506 e. The van der Waals surface area contributed by atoms with Crippen molar-refractivity contribution < 1.29 is 14.7 Å². The summed E-state index contributed by atoms with van der Waals surface area (Å²) >= 11 is 0. The fourth-order valence-corrected chi connectivity index (χ4v) is 4.24. The van der Waals surface area contributed by atoms with E-state index in [0.717, 1.165) is 19.3 Å². The average Bonchev–Trinajstić information content (AvgIpc) is 2.84. The molecule has 2 aromatic rings. The molecule has 7 heteroatoms. The maximum Gasteiger partial charge on any atom is 0.279 e. The van der Waals surface area contributed by atoms with E-state index >= 15 is 0 Å². The Labute approximate surface area is 202 Å². The SMILES string of the molecule is CCCCCCCCCCCCCC(=O)NNC(=O)c1c(O)c2ccccc2n(CCC)c1=O. The van der Waals surface area contributed by atoms with E-state index in [2.05, 4.69) is 17.8 Å². The molecule has 3 N–H and O–H groups in total. The molecule has 0 saturated carbocycles. The zero-order valence-corrected chi connectivity index (χ0v) is 20.8. The number of hydrogen-bond acceptors (Lipinski definition) is 4. The number of aromatic nitrogens is 1. The number of rotatable bonds is 15. The summed E-state index contributed by atoms with van der Waals surface area (Å²) in [5, 5.41) is 11.0. The highest BCUT2D eigenvalue weighted by molar-refractivity contribution is 6.02. The number of nitrogens with one attached hydrogen (secondary N) is 2. The highest BCUT2D eigenvalue weighted by Crippen LogP contribution is 2.26. The van der Waals surface area contributed by atoms with Crippen molar-refractivity contribution in [2.24, 2.45) is 0 Å². The zero-order valence-electron chi connectivity index (χ0n) is 20.8. The number of amides is 2. The number of hydrazine groups is 1. The number of carbonyl (C=O) groups is 2. The Morgan fingerprint density at radius 1 is 0.824 bits per heavy atom. The van der Waals surface area contributed by atoms with E-state index in [4.69, 9.17) is 0 Å². The van der Waals surface area contributed by atoms with Gasteiger partial charge in [0.05, 0.1) is 5.52 Å². The van der Waals surface area contributed by atoms with E-state index in [1.54, 1.807) is 24.3 Å². The van der Waals surface area contributed by atoms with Crippen molar-refractivity contribution in [3.05, 3.63) is 40.2 Å². The average molecular weight is 472 g/mol. The van der Waals surface area contributed by atoms with Crippen LogP contribution in [-0.4, -0.2) is 21.5 Å². The van der Waals surface area contributed by atoms with Gasteiger partial charge in [0.15, 0.2) is 0 Å². The predicted molar refractivity (Wildman–Crippen MR) is 137 cm³/mol. The number of benzene rings is 1. The lowest BCUT2D eigenvalue weighted by molar-refractivity contribution is -0.122. The molecule has 0 aliphatic heterocycles. The van der Waals surface area contributed by atoms with E-state index in [0.29, 0.717) is 30.3 Å². The second kappa shape index (κ2) is 15.1. The highest BCUT2D eigenvalue weighted by Gasteiger charge is 2.22. The van der Waals surface area contributed by atoms with Crippen molar-refractivity contribution in [1.29, 1.82) is 0 Å². The van der Waals surface area contributed by atoms with Gasteiger partial charge in [-0.25, -0.2) is 0 Å². The van der Waals surface area contributed by atoms with Gasteiger partial charge in [0.25, 0.3) is 11.5 Å². The van der Waals surface area contributed by atoms with Gasteiger partial charge in [0.1, 0.15) is 11.3 Å². The minimum absolute atomic E-state index is 0.307. The Morgan fingerprint density at radius 2 is 1.41 bits per heavy atom. The number of para-hydroxylation sites is 1. The molecular weight excluding hydrogens is 430 g/mol. The van der Waals surface area contributed by atoms with Crippen molar-refractivity contribution in [3.63, 3.8) is 0 Å². The van der Waals surface area contributed by atoms with Gasteiger partial charge in [-0.3, -0.25) is 25.2 Å². The molecule has 0 radical (unpaired) electrons. The molecule has 1 aromatic carbocycles. The number of nitrogens with zero attached hydrogens (tertiary/aromatic N) is 1. The summed E-state index contributed by atoms with van der Waals surface area (Å²) in [5.41, 5.74) is 4.31. The molecule has 0 atom stereocenters. The first-order valence-electron chi connectivity index (χ1n) is 12.9. The molecule has 188 valence electrons. The van der Waals surface area contributed by atoms with Crippen LogP contribution in [0.4, 0.5) is 0 Å². The Bertz CT molecular complexity index is 984. The fraction of sp³-hybridized carbons (Fsp3) is 0.593. The summed E-state index contributed by atoms with van der Waals surface area (Å²) in [7, 11) is 0. The summed E-state index contributed by atoms with van der Waals surface area (Å²) in [6.07, 6.45) is 14.2. The maximum atomic E-state index is 12.9. The van der Waals surface area contributed by atoms with Crippen molar-refractivity contribution in [3.8, 4) is 5.75 Å². The molecule has 2 rings (SSSR count). The maximum absolute atomic E-state index is 12.9. The van der Waals surface area contributed by atoms with Crippen LogP contribution in [0, 0.1) is 0 Å². The first-order valence-corrected chi connectivity index (χ1v) is 12.9. The van der Waals surface area contributed by atoms with Gasteiger partial charge in [-0.2, -0.15) is 0 Å². The summed E-state index contributed by atoms with van der Waals surface area (Å²) in [4.78, 5) is 37.7. The zero-order chi connectivity index (χ0) is 24.8. The number of unbranched alkanes of at least 4 members (excludes halogenated alkanes) is 10. The minimum Gasteiger partial charge on any atom is -0.506 e. The van der Waals surface area contributed by atoms with Crippen LogP contribution in [0.5, 0.6) is 5.75 Å². The Morgan fingerprint density at radius 3 is 2.03 bits per heavy atom. The summed E-state index contributed by atoms with van der Waals surface area (Å²) < 4.78 is 1.48. The second-order valence-corrected chi connectivity index (χ2v) is 8.99. The number of carbonyl (C=O) groups excluding carboxylic acids is 2. The lowest BCUT2D eigenvalue weighted by Gasteiger charge is -2.14. The monoisotopic (exact) mass is 471 g/mol. The van der Waals surface area contributed by atoms with Crippen LogP contribution in [0.2, 0.25) is 0 Å². The smallest absolute Gasteiger partial charge is 0.279 e. The van der Waals surface area contributed by atoms with Crippen LogP contribution in [0.15, 0.2) is 29.1 Å². The summed E-state index contributed by atoms with van der Waals surface area (Å²) in [5.74, 6) is -1.49. The van der Waals surface area contributed by atoms with Crippen LogP contribution in [0.3, 0.4) is 0 Å². The molecular formula is C27H41N3O4. The number of fused-ring (bicyclic) bond motifs is 1. The van der Waals surface area contributed by atoms with E-state index in [-0.39, 0.29) is 17.2 Å². The van der Waals surface area contributed by atoms with Crippen LogP contribution < -0.4 is 16.4 Å². The molecule has 0 bridgehead atoms. The van der Waals surface area contributed by atoms with E-state index in [1.165, 1.54) is 55.9 Å². The number of aromatic hydroxyl groups is 1. The Kier molecular flexibility index (Phi) is 12.2. The third kappa shape index (κ3) is 8.19. The Hall–Kier alpha value is -2.83. The lowest BCUT2D eigenvalue weighted by Crippen LogP contribution is -2.44. The van der Waals surface area contributed by atoms with Gasteiger partial charge >= 0.3 is 0 Å². The number of pyridine rings is 1. The third-order valence-electron chi connectivity index (χ3n) is 6.14. The predicted octanol–water partition coefficient (Wildman–Crippen LogP) is 5.58. The third-order valence-corrected chi connectivity index (χ3v) is 6.14. The molecule has 0 fully saturated rings. The van der Waals surface area contributed by atoms with Crippen LogP contribution in [-0.2, 0) is 11.3 Å². The van der Waals surface area contributed by atoms with Crippen molar-refractivity contribution >= 4 is 22.7 Å². The van der Waals surface area contributed by atoms with E-state index in [9.17, 15) is 19.5 Å². The normalized spacial score (nSPS) is 11.0. The van der Waals surface area contributed by atoms with Crippen molar-refractivity contribution in [2.45, 2.75) is 104 Å². The molecule has 0 unspecified atom stereocenters. The van der Waals surface area contributed by atoms with Crippen LogP contribution in [0.1, 0.15) is 108 Å². The van der Waals surface area contributed by atoms with Gasteiger partial charge in [-0.1, -0.05) is 90.2 Å². The molecule has 7 nitrogen and oxygen atoms in total. The van der Waals surface area contributed by atoms with E-state index < -0.39 is 11.5 Å². The molecule has 2 amide bonds. The number of aryl methyl sites for hydroxylation is 1. The van der Waals surface area contributed by atoms with Gasteiger partial charge in [-0.15, -0.1) is 0 Å². The van der Waals surface area contributed by atoms with Crippen LogP contribution in [0.25, 0.3) is 10.9 Å². The van der Waals surface area contributed by atoms with Crippen LogP contribution >= 0.6 is 0 Å². The van der Waals surface area contributed by atoms with Gasteiger partial charge in [0, 0.05) is 18.4 Å². The molecule has 0 spiro atoms. The molecule has 0 saturated heterocycles. The second-order valence-electron chi connectivity index (χ2n) is 8.99. The van der Waals surface area contributed by atoms with E-state index in [1.807, 2.05) is 6.92 Å². The first kappa shape index (κ1) is 27.4. The molecule has 0 aliphatic carbocycles. The Balaban J connectivity index is 1.76. The van der Waals surface area contributed by atoms with Gasteiger partial charge < -0.3 is 9.67 Å².